The molecule has 0 aromatic carbocycles. The molecule has 1 rings (SSSR count). The Hall–Kier alpha value is -1.07. The highest BCUT2D eigenvalue weighted by atomic mass is 16.4. The van der Waals surface area contributed by atoms with Crippen molar-refractivity contribution in [3.8, 4) is 0 Å². The third-order valence-electron chi connectivity index (χ3n) is 1.87. The van der Waals surface area contributed by atoms with Crippen LogP contribution >= 0.6 is 0 Å². The van der Waals surface area contributed by atoms with Gasteiger partial charge >= 0.3 is 7.12 Å². The van der Waals surface area contributed by atoms with Crippen LogP contribution in [0.4, 0.5) is 5.69 Å². The first kappa shape index (κ1) is 10.0. The number of aromatic nitrogens is 1. The van der Waals surface area contributed by atoms with E-state index in [1.54, 1.807) is 13.1 Å². The molecular weight excluding hydrogens is 167 g/mol. The third kappa shape index (κ3) is 2.20. The molecule has 0 fully saturated rings. The summed E-state index contributed by atoms with van der Waals surface area (Å²) in [5.74, 6) is 0. The van der Waals surface area contributed by atoms with Crippen LogP contribution < -0.4 is 10.5 Å². The lowest BCUT2D eigenvalue weighted by Crippen LogP contribution is -2.35. The zero-order valence-corrected chi connectivity index (χ0v) is 8.02. The highest BCUT2D eigenvalue weighted by Crippen LogP contribution is 2.09. The molecule has 2 N–H and O–H groups in total. The van der Waals surface area contributed by atoms with Crippen LogP contribution in [0.2, 0.25) is 0 Å². The van der Waals surface area contributed by atoms with E-state index in [1.807, 2.05) is 25.1 Å². The van der Waals surface area contributed by atoms with Gasteiger partial charge in [-0.3, -0.25) is 4.98 Å². The summed E-state index contributed by atoms with van der Waals surface area (Å²) in [6.45, 7) is 1.80. The Morgan fingerprint density at radius 2 is 2.00 bits per heavy atom. The highest BCUT2D eigenvalue weighted by molar-refractivity contribution is 6.58. The van der Waals surface area contributed by atoms with Gasteiger partial charge in [0.2, 0.25) is 0 Å². The molecule has 0 amide bonds. The van der Waals surface area contributed by atoms with Gasteiger partial charge < -0.3 is 14.9 Å². The van der Waals surface area contributed by atoms with Gasteiger partial charge in [0.25, 0.3) is 0 Å². The highest BCUT2D eigenvalue weighted by Gasteiger charge is 2.15. The van der Waals surface area contributed by atoms with E-state index in [9.17, 15) is 0 Å². The Morgan fingerprint density at radius 1 is 1.38 bits per heavy atom. The van der Waals surface area contributed by atoms with Crippen molar-refractivity contribution in [2.75, 3.05) is 19.0 Å². The van der Waals surface area contributed by atoms with Crippen LogP contribution in [0.3, 0.4) is 0 Å². The fourth-order valence-corrected chi connectivity index (χ4v) is 1.09. The summed E-state index contributed by atoms with van der Waals surface area (Å²) in [6, 6.07) is 1.86. The van der Waals surface area contributed by atoms with Crippen molar-refractivity contribution >= 4 is 18.4 Å². The molecule has 1 aromatic rings. The zero-order valence-electron chi connectivity index (χ0n) is 8.02. The molecule has 70 valence electrons. The van der Waals surface area contributed by atoms with Gasteiger partial charge in [0, 0.05) is 20.3 Å². The van der Waals surface area contributed by atoms with Crippen LogP contribution in [-0.2, 0) is 0 Å². The minimum absolute atomic E-state index is 0.311. The number of rotatable bonds is 2. The monoisotopic (exact) mass is 180 g/mol. The van der Waals surface area contributed by atoms with Crippen LogP contribution in [0, 0.1) is 6.92 Å². The lowest BCUT2D eigenvalue weighted by molar-refractivity contribution is 0.424. The largest absolute Gasteiger partial charge is 0.508 e. The minimum atomic E-state index is -1.49. The average molecular weight is 180 g/mol. The summed E-state index contributed by atoms with van der Waals surface area (Å²) in [5.41, 5.74) is 2.04. The number of hydrogen-bond acceptors (Lipinski definition) is 4. The molecule has 0 aliphatic rings. The molecule has 0 bridgehead atoms. The maximum atomic E-state index is 8.91. The maximum absolute atomic E-state index is 8.91. The van der Waals surface area contributed by atoms with Gasteiger partial charge in [-0.15, -0.1) is 0 Å². The molecule has 0 spiro atoms. The molecule has 0 atom stereocenters. The average Bonchev–Trinajstić information content (AvgIpc) is 2.03. The van der Waals surface area contributed by atoms with Gasteiger partial charge in [-0.2, -0.15) is 0 Å². The van der Waals surface area contributed by atoms with Crippen molar-refractivity contribution in [1.29, 1.82) is 0 Å². The van der Waals surface area contributed by atoms with Gasteiger partial charge in [0.05, 0.1) is 11.3 Å². The minimum Gasteiger partial charge on any atom is -0.422 e. The fourth-order valence-electron chi connectivity index (χ4n) is 1.09. The van der Waals surface area contributed by atoms with E-state index in [-0.39, 0.29) is 0 Å². The van der Waals surface area contributed by atoms with Crippen LogP contribution in [0.25, 0.3) is 0 Å². The Bertz CT molecular complexity index is 302. The van der Waals surface area contributed by atoms with E-state index in [2.05, 4.69) is 4.98 Å². The second-order valence-corrected chi connectivity index (χ2v) is 3.16. The second kappa shape index (κ2) is 3.76. The van der Waals surface area contributed by atoms with Crippen molar-refractivity contribution in [3.05, 3.63) is 17.8 Å². The molecule has 0 saturated carbocycles. The smallest absolute Gasteiger partial charge is 0.422 e. The first-order chi connectivity index (χ1) is 6.02. The lowest BCUT2D eigenvalue weighted by Gasteiger charge is -2.13. The topological polar surface area (TPSA) is 56.6 Å². The van der Waals surface area contributed by atoms with Gasteiger partial charge in [0.15, 0.2) is 0 Å². The molecule has 0 radical (unpaired) electrons. The summed E-state index contributed by atoms with van der Waals surface area (Å²) >= 11 is 0. The normalized spacial score (nSPS) is 9.92. The van der Waals surface area contributed by atoms with Gasteiger partial charge in [-0.05, 0) is 18.6 Å². The first-order valence-electron chi connectivity index (χ1n) is 4.02. The van der Waals surface area contributed by atoms with Crippen molar-refractivity contribution < 1.29 is 10.0 Å². The van der Waals surface area contributed by atoms with Crippen molar-refractivity contribution in [2.24, 2.45) is 0 Å². The summed E-state index contributed by atoms with van der Waals surface area (Å²) in [4.78, 5) is 5.87. The van der Waals surface area contributed by atoms with Crippen LogP contribution in [0.1, 0.15) is 5.56 Å². The number of aryl methyl sites for hydroxylation is 1. The molecule has 4 nitrogen and oxygen atoms in total. The fraction of sp³-hybridized carbons (Fsp3) is 0.375. The molecule has 0 unspecified atom stereocenters. The van der Waals surface area contributed by atoms with Gasteiger partial charge in [-0.25, -0.2) is 0 Å². The number of nitrogens with zero attached hydrogens (tertiary/aromatic N) is 2. The van der Waals surface area contributed by atoms with Crippen LogP contribution in [0.5, 0.6) is 0 Å². The Morgan fingerprint density at radius 3 is 2.38 bits per heavy atom. The number of pyridine rings is 1. The van der Waals surface area contributed by atoms with Crippen LogP contribution in [-0.4, -0.2) is 36.2 Å². The molecule has 0 aliphatic heterocycles. The number of hydrogen-bond donors (Lipinski definition) is 2. The van der Waals surface area contributed by atoms with Gasteiger partial charge in [-0.1, -0.05) is 0 Å². The number of anilines is 1. The Balaban J connectivity index is 3.06. The van der Waals surface area contributed by atoms with E-state index in [0.717, 1.165) is 11.3 Å². The molecule has 1 heterocycles. The Labute approximate surface area is 78.0 Å². The summed E-state index contributed by atoms with van der Waals surface area (Å²) in [6.07, 6.45) is 1.61. The molecule has 5 heteroatoms. The molecule has 13 heavy (non-hydrogen) atoms. The maximum Gasteiger partial charge on any atom is 0.508 e. The summed E-state index contributed by atoms with van der Waals surface area (Å²) in [7, 11) is 2.33. The standard InChI is InChI=1S/C8H13BN2O2/c1-6-4-7(11(2)3)5-10-8(6)9(12)13/h4-5,12-13H,1-3H3. The molecule has 1 aromatic heterocycles. The summed E-state index contributed by atoms with van der Waals surface area (Å²) in [5, 5.41) is 17.8. The zero-order chi connectivity index (χ0) is 10.0. The third-order valence-corrected chi connectivity index (χ3v) is 1.87. The van der Waals surface area contributed by atoms with Crippen molar-refractivity contribution in [2.45, 2.75) is 6.92 Å². The summed E-state index contributed by atoms with van der Waals surface area (Å²) < 4.78 is 0. The van der Waals surface area contributed by atoms with Crippen molar-refractivity contribution in [3.63, 3.8) is 0 Å². The molecule has 0 saturated heterocycles. The van der Waals surface area contributed by atoms with Crippen molar-refractivity contribution in [1.82, 2.24) is 4.98 Å². The lowest BCUT2D eigenvalue weighted by atomic mass is 9.82. The Kier molecular flexibility index (Phi) is 2.90. The van der Waals surface area contributed by atoms with Gasteiger partial charge in [0.1, 0.15) is 0 Å². The van der Waals surface area contributed by atoms with Crippen LogP contribution in [0.15, 0.2) is 12.3 Å². The SMILES string of the molecule is Cc1cc(N(C)C)cnc1B(O)O. The predicted octanol–water partition coefficient (Wildman–Crippen LogP) is -0.864. The van der Waals surface area contributed by atoms with E-state index >= 15 is 0 Å². The van der Waals surface area contributed by atoms with E-state index < -0.39 is 7.12 Å². The second-order valence-electron chi connectivity index (χ2n) is 3.16. The molecular formula is C8H13BN2O2. The first-order valence-corrected chi connectivity index (χ1v) is 4.02. The van der Waals surface area contributed by atoms with E-state index in [0.29, 0.717) is 5.59 Å². The van der Waals surface area contributed by atoms with E-state index in [4.69, 9.17) is 10.0 Å². The van der Waals surface area contributed by atoms with E-state index in [1.165, 1.54) is 0 Å². The predicted molar refractivity (Wildman–Crippen MR) is 53.1 cm³/mol. The quantitative estimate of drug-likeness (QED) is 0.581. The molecule has 0 aliphatic carbocycles.